The largest absolute Gasteiger partial charge is 0.461 e. The molecule has 8 heteroatoms. The number of aromatic nitrogens is 3. The lowest BCUT2D eigenvalue weighted by Crippen LogP contribution is -2.48. The quantitative estimate of drug-likeness (QED) is 0.896. The summed E-state index contributed by atoms with van der Waals surface area (Å²) in [4.78, 5) is 25.5. The Morgan fingerprint density at radius 1 is 1.40 bits per heavy atom. The second-order valence-electron chi connectivity index (χ2n) is 4.96. The van der Waals surface area contributed by atoms with Gasteiger partial charge >= 0.3 is 6.01 Å². The SMILES string of the molecule is CC(C)Oc1nc(Cl)nc(N2CCCCC2C(N)=O)n1. The van der Waals surface area contributed by atoms with E-state index >= 15 is 0 Å². The Labute approximate surface area is 122 Å². The van der Waals surface area contributed by atoms with Crippen molar-refractivity contribution >= 4 is 23.5 Å². The van der Waals surface area contributed by atoms with Crippen molar-refractivity contribution in [3.05, 3.63) is 5.28 Å². The average Bonchev–Trinajstić information content (AvgIpc) is 2.37. The molecule has 2 rings (SSSR count). The van der Waals surface area contributed by atoms with E-state index in [0.717, 1.165) is 12.8 Å². The molecule has 0 spiro atoms. The number of nitrogens with two attached hydrogens (primary N) is 1. The highest BCUT2D eigenvalue weighted by atomic mass is 35.5. The molecule has 0 aliphatic carbocycles. The molecule has 1 aromatic heterocycles. The van der Waals surface area contributed by atoms with E-state index in [1.807, 2.05) is 13.8 Å². The summed E-state index contributed by atoms with van der Waals surface area (Å²) in [6.07, 6.45) is 2.53. The third kappa shape index (κ3) is 3.47. The Hall–Kier alpha value is -1.63. The van der Waals surface area contributed by atoms with Crippen molar-refractivity contribution in [3.8, 4) is 6.01 Å². The van der Waals surface area contributed by atoms with Crippen molar-refractivity contribution in [1.29, 1.82) is 0 Å². The normalized spacial score (nSPS) is 19.2. The molecule has 1 aliphatic heterocycles. The summed E-state index contributed by atoms with van der Waals surface area (Å²) in [6, 6.07) is -0.252. The fourth-order valence-electron chi connectivity index (χ4n) is 2.18. The summed E-state index contributed by atoms with van der Waals surface area (Å²) in [7, 11) is 0. The van der Waals surface area contributed by atoms with Crippen LogP contribution >= 0.6 is 11.6 Å². The summed E-state index contributed by atoms with van der Waals surface area (Å²) in [6.45, 7) is 4.39. The van der Waals surface area contributed by atoms with Crippen molar-refractivity contribution in [3.63, 3.8) is 0 Å². The predicted molar refractivity (Wildman–Crippen MR) is 74.8 cm³/mol. The number of carbonyl (C=O) groups excluding carboxylic acids is 1. The molecule has 1 amide bonds. The molecule has 20 heavy (non-hydrogen) atoms. The fourth-order valence-corrected chi connectivity index (χ4v) is 2.33. The van der Waals surface area contributed by atoms with Gasteiger partial charge in [-0.05, 0) is 44.7 Å². The molecule has 1 atom stereocenters. The Morgan fingerprint density at radius 2 is 2.15 bits per heavy atom. The molecule has 0 saturated carbocycles. The monoisotopic (exact) mass is 299 g/mol. The highest BCUT2D eigenvalue weighted by Gasteiger charge is 2.29. The van der Waals surface area contributed by atoms with E-state index < -0.39 is 6.04 Å². The number of primary amides is 1. The van der Waals surface area contributed by atoms with Gasteiger partial charge < -0.3 is 15.4 Å². The van der Waals surface area contributed by atoms with Crippen LogP contribution in [0.25, 0.3) is 0 Å². The first-order valence-corrected chi connectivity index (χ1v) is 6.99. The second-order valence-corrected chi connectivity index (χ2v) is 5.30. The van der Waals surface area contributed by atoms with E-state index in [-0.39, 0.29) is 23.3 Å². The number of halogens is 1. The van der Waals surface area contributed by atoms with Gasteiger partial charge in [-0.25, -0.2) is 0 Å². The minimum absolute atomic E-state index is 0.0412. The Bertz CT molecular complexity index is 497. The molecule has 1 aliphatic rings. The zero-order valence-corrected chi connectivity index (χ0v) is 12.3. The second kappa shape index (κ2) is 6.21. The lowest BCUT2D eigenvalue weighted by atomic mass is 10.0. The van der Waals surface area contributed by atoms with Gasteiger partial charge in [-0.2, -0.15) is 15.0 Å². The van der Waals surface area contributed by atoms with E-state index in [9.17, 15) is 4.79 Å². The Morgan fingerprint density at radius 3 is 2.80 bits per heavy atom. The number of anilines is 1. The molecule has 2 heterocycles. The van der Waals surface area contributed by atoms with Crippen molar-refractivity contribution in [2.24, 2.45) is 5.73 Å². The highest BCUT2D eigenvalue weighted by Crippen LogP contribution is 2.24. The van der Waals surface area contributed by atoms with Gasteiger partial charge in [0.2, 0.25) is 17.1 Å². The van der Waals surface area contributed by atoms with E-state index in [1.165, 1.54) is 0 Å². The lowest BCUT2D eigenvalue weighted by Gasteiger charge is -2.33. The molecular formula is C12H18ClN5O2. The topological polar surface area (TPSA) is 94.2 Å². The van der Waals surface area contributed by atoms with Crippen LogP contribution in [0.4, 0.5) is 5.95 Å². The zero-order chi connectivity index (χ0) is 14.7. The van der Waals surface area contributed by atoms with E-state index in [4.69, 9.17) is 22.1 Å². The lowest BCUT2D eigenvalue weighted by molar-refractivity contribution is -0.119. The van der Waals surface area contributed by atoms with Crippen LogP contribution in [0.1, 0.15) is 33.1 Å². The number of hydrogen-bond donors (Lipinski definition) is 1. The van der Waals surface area contributed by atoms with Crippen LogP contribution in [0.5, 0.6) is 6.01 Å². The van der Waals surface area contributed by atoms with Gasteiger partial charge in [-0.1, -0.05) is 0 Å². The maximum absolute atomic E-state index is 11.5. The summed E-state index contributed by atoms with van der Waals surface area (Å²) < 4.78 is 5.43. The zero-order valence-electron chi connectivity index (χ0n) is 11.5. The van der Waals surface area contributed by atoms with E-state index in [0.29, 0.717) is 18.9 Å². The molecular weight excluding hydrogens is 282 g/mol. The van der Waals surface area contributed by atoms with Crippen molar-refractivity contribution < 1.29 is 9.53 Å². The van der Waals surface area contributed by atoms with Gasteiger partial charge in [0.25, 0.3) is 0 Å². The standard InChI is InChI=1S/C12H18ClN5O2/c1-7(2)20-12-16-10(13)15-11(17-12)18-6-4-3-5-8(18)9(14)19/h7-8H,3-6H2,1-2H3,(H2,14,19). The molecule has 1 fully saturated rings. The molecule has 2 N–H and O–H groups in total. The molecule has 1 saturated heterocycles. The first-order chi connectivity index (χ1) is 9.47. The number of carbonyl (C=O) groups is 1. The van der Waals surface area contributed by atoms with Crippen LogP contribution in [0.3, 0.4) is 0 Å². The number of piperidine rings is 1. The summed E-state index contributed by atoms with van der Waals surface area (Å²) >= 11 is 5.89. The van der Waals surface area contributed by atoms with Crippen LogP contribution in [0.2, 0.25) is 5.28 Å². The minimum Gasteiger partial charge on any atom is -0.461 e. The third-order valence-corrected chi connectivity index (χ3v) is 3.17. The first kappa shape index (κ1) is 14.8. The molecule has 7 nitrogen and oxygen atoms in total. The number of ether oxygens (including phenoxy) is 1. The summed E-state index contributed by atoms with van der Waals surface area (Å²) in [5.41, 5.74) is 5.44. The van der Waals surface area contributed by atoms with Crippen molar-refractivity contribution in [2.45, 2.75) is 45.3 Å². The average molecular weight is 300 g/mol. The third-order valence-electron chi connectivity index (χ3n) is 3.01. The van der Waals surface area contributed by atoms with Crippen LogP contribution in [0.15, 0.2) is 0 Å². The molecule has 110 valence electrons. The van der Waals surface area contributed by atoms with Gasteiger partial charge in [0, 0.05) is 6.54 Å². The number of nitrogens with zero attached hydrogens (tertiary/aromatic N) is 4. The number of hydrogen-bond acceptors (Lipinski definition) is 6. The summed E-state index contributed by atoms with van der Waals surface area (Å²) in [5, 5.41) is 0.0412. The maximum Gasteiger partial charge on any atom is 0.322 e. The van der Waals surface area contributed by atoms with Crippen LogP contribution in [-0.4, -0.2) is 39.5 Å². The van der Waals surface area contributed by atoms with Crippen LogP contribution in [0, 0.1) is 0 Å². The number of amides is 1. The highest BCUT2D eigenvalue weighted by molar-refractivity contribution is 6.28. The van der Waals surface area contributed by atoms with Gasteiger partial charge in [-0.3, -0.25) is 4.79 Å². The Balaban J connectivity index is 2.30. The van der Waals surface area contributed by atoms with Crippen LogP contribution in [-0.2, 0) is 4.79 Å². The van der Waals surface area contributed by atoms with Gasteiger partial charge in [0.1, 0.15) is 6.04 Å². The molecule has 0 aromatic carbocycles. The first-order valence-electron chi connectivity index (χ1n) is 6.61. The van der Waals surface area contributed by atoms with Gasteiger partial charge in [0.15, 0.2) is 0 Å². The van der Waals surface area contributed by atoms with Crippen molar-refractivity contribution in [1.82, 2.24) is 15.0 Å². The fraction of sp³-hybridized carbons (Fsp3) is 0.667. The molecule has 1 unspecified atom stereocenters. The molecule has 1 aromatic rings. The Kier molecular flexibility index (Phi) is 4.59. The summed E-state index contributed by atoms with van der Waals surface area (Å²) in [5.74, 6) is -0.0447. The molecule has 0 radical (unpaired) electrons. The predicted octanol–water partition coefficient (Wildman–Crippen LogP) is 1.16. The van der Waals surface area contributed by atoms with Gasteiger partial charge in [0.05, 0.1) is 6.10 Å². The maximum atomic E-state index is 11.5. The van der Waals surface area contributed by atoms with Crippen LogP contribution < -0.4 is 15.4 Å². The van der Waals surface area contributed by atoms with Gasteiger partial charge in [-0.15, -0.1) is 0 Å². The number of rotatable bonds is 4. The van der Waals surface area contributed by atoms with E-state index in [2.05, 4.69) is 15.0 Å². The minimum atomic E-state index is -0.408. The van der Waals surface area contributed by atoms with Crippen molar-refractivity contribution in [2.75, 3.05) is 11.4 Å². The smallest absolute Gasteiger partial charge is 0.322 e. The molecule has 0 bridgehead atoms. The van der Waals surface area contributed by atoms with E-state index in [1.54, 1.807) is 4.90 Å².